The molecule has 0 aliphatic heterocycles. The fourth-order valence-electron chi connectivity index (χ4n) is 0.278. The lowest BCUT2D eigenvalue weighted by Gasteiger charge is -1.83. The Bertz CT molecular complexity index is 150. The number of rotatable bonds is 1. The van der Waals surface area contributed by atoms with Crippen LogP contribution >= 0.6 is 0 Å². The Morgan fingerprint density at radius 1 is 1.62 bits per heavy atom. The quantitative estimate of drug-likeness (QED) is 0.555. The van der Waals surface area contributed by atoms with Crippen LogP contribution in [0.3, 0.4) is 0 Å². The summed E-state index contributed by atoms with van der Waals surface area (Å²) in [5.41, 5.74) is 0. The highest BCUT2D eigenvalue weighted by Crippen LogP contribution is 2.13. The van der Waals surface area contributed by atoms with E-state index in [1.807, 2.05) is 0 Å². The Labute approximate surface area is 43.3 Å². The number of halogens is 2. The molecule has 0 amide bonds. The first-order valence-corrected chi connectivity index (χ1v) is 1.85. The lowest BCUT2D eigenvalue weighted by molar-refractivity contribution is 0.106. The second-order valence-electron chi connectivity index (χ2n) is 1.08. The number of nitrogens with zero attached hydrogens (tertiary/aromatic N) is 2. The third-order valence-electron chi connectivity index (χ3n) is 0.565. The van der Waals surface area contributed by atoms with Gasteiger partial charge in [-0.05, 0) is 0 Å². The van der Waals surface area contributed by atoms with Gasteiger partial charge in [0, 0.05) is 0 Å². The van der Waals surface area contributed by atoms with Crippen molar-refractivity contribution in [3.05, 3.63) is 12.2 Å². The van der Waals surface area contributed by atoms with Crippen LogP contribution in [0.5, 0.6) is 0 Å². The van der Waals surface area contributed by atoms with Gasteiger partial charge in [0.05, 0.1) is 0 Å². The van der Waals surface area contributed by atoms with Crippen LogP contribution in [0.25, 0.3) is 0 Å². The average molecular weight is 120 g/mol. The van der Waals surface area contributed by atoms with E-state index in [0.717, 1.165) is 6.33 Å². The highest BCUT2D eigenvalue weighted by atomic mass is 19.3. The molecule has 0 unspecified atom stereocenters. The van der Waals surface area contributed by atoms with Gasteiger partial charge < -0.3 is 4.52 Å². The number of alkyl halides is 2. The standard InChI is InChI=1S/C3H2F2N2O/c4-2(5)3-6-1-7-8-3/h1-2H. The summed E-state index contributed by atoms with van der Waals surface area (Å²) >= 11 is 0. The summed E-state index contributed by atoms with van der Waals surface area (Å²) in [6.07, 6.45) is -1.72. The fraction of sp³-hybridized carbons (Fsp3) is 0.333. The van der Waals surface area contributed by atoms with Crippen molar-refractivity contribution in [2.24, 2.45) is 0 Å². The highest BCUT2D eigenvalue weighted by Gasteiger charge is 2.11. The molecule has 5 heteroatoms. The smallest absolute Gasteiger partial charge is 0.315 e. The molecule has 1 rings (SSSR count). The molecule has 0 spiro atoms. The maximum Gasteiger partial charge on any atom is 0.315 e. The Morgan fingerprint density at radius 3 is 2.62 bits per heavy atom. The van der Waals surface area contributed by atoms with Gasteiger partial charge in [-0.15, -0.1) is 0 Å². The summed E-state index contributed by atoms with van der Waals surface area (Å²) in [5, 5.41) is 2.98. The van der Waals surface area contributed by atoms with Gasteiger partial charge in [-0.3, -0.25) is 0 Å². The minimum atomic E-state index is -2.66. The van der Waals surface area contributed by atoms with Crippen molar-refractivity contribution < 1.29 is 13.3 Å². The van der Waals surface area contributed by atoms with Crippen LogP contribution < -0.4 is 0 Å². The molecule has 8 heavy (non-hydrogen) atoms. The molecule has 0 bridgehead atoms. The van der Waals surface area contributed by atoms with E-state index in [0.29, 0.717) is 0 Å². The first-order chi connectivity index (χ1) is 3.80. The van der Waals surface area contributed by atoms with Gasteiger partial charge in [-0.2, -0.15) is 13.8 Å². The van der Waals surface area contributed by atoms with Gasteiger partial charge in [0.15, 0.2) is 6.33 Å². The maximum absolute atomic E-state index is 11.4. The summed E-state index contributed by atoms with van der Waals surface area (Å²) in [4.78, 5) is 3.09. The van der Waals surface area contributed by atoms with Crippen molar-refractivity contribution in [3.8, 4) is 0 Å². The molecule has 0 fully saturated rings. The Morgan fingerprint density at radius 2 is 2.38 bits per heavy atom. The van der Waals surface area contributed by atoms with Crippen LogP contribution in [0, 0.1) is 0 Å². The molecule has 1 heterocycles. The van der Waals surface area contributed by atoms with E-state index in [1.165, 1.54) is 0 Å². The minimum absolute atomic E-state index is 0.634. The molecule has 1 aromatic heterocycles. The zero-order valence-corrected chi connectivity index (χ0v) is 3.71. The highest BCUT2D eigenvalue weighted by molar-refractivity contribution is 4.73. The molecule has 0 saturated heterocycles. The van der Waals surface area contributed by atoms with Crippen LogP contribution in [0.15, 0.2) is 10.9 Å². The van der Waals surface area contributed by atoms with E-state index in [9.17, 15) is 8.78 Å². The molecule has 0 saturated carbocycles. The molecule has 0 N–H and O–H groups in total. The van der Waals surface area contributed by atoms with Crippen molar-refractivity contribution in [1.29, 1.82) is 0 Å². The van der Waals surface area contributed by atoms with Crippen molar-refractivity contribution in [3.63, 3.8) is 0 Å². The normalized spacial score (nSPS) is 10.4. The van der Waals surface area contributed by atoms with E-state index in [1.54, 1.807) is 0 Å². The zero-order valence-electron chi connectivity index (χ0n) is 3.71. The summed E-state index contributed by atoms with van der Waals surface area (Å²) < 4.78 is 26.8. The van der Waals surface area contributed by atoms with Crippen molar-refractivity contribution in [2.45, 2.75) is 6.43 Å². The van der Waals surface area contributed by atoms with Gasteiger partial charge in [-0.25, -0.2) is 0 Å². The fourth-order valence-corrected chi connectivity index (χ4v) is 0.278. The van der Waals surface area contributed by atoms with Crippen LogP contribution in [0.2, 0.25) is 0 Å². The van der Waals surface area contributed by atoms with Crippen LogP contribution in [0.4, 0.5) is 8.78 Å². The Balaban J connectivity index is 2.77. The maximum atomic E-state index is 11.4. The predicted molar refractivity (Wildman–Crippen MR) is 19.3 cm³/mol. The minimum Gasteiger partial charge on any atom is -0.333 e. The second kappa shape index (κ2) is 1.85. The molecule has 0 radical (unpaired) electrons. The van der Waals surface area contributed by atoms with Gasteiger partial charge in [0.2, 0.25) is 0 Å². The van der Waals surface area contributed by atoms with Crippen LogP contribution in [-0.2, 0) is 0 Å². The van der Waals surface area contributed by atoms with Crippen LogP contribution in [-0.4, -0.2) is 10.1 Å². The second-order valence-corrected chi connectivity index (χ2v) is 1.08. The molecule has 3 nitrogen and oxygen atoms in total. The first kappa shape index (κ1) is 5.14. The predicted octanol–water partition coefficient (Wildman–Crippen LogP) is 1.01. The summed E-state index contributed by atoms with van der Waals surface area (Å²) in [5.74, 6) is -0.634. The lowest BCUT2D eigenvalue weighted by atomic mass is 10.7. The third kappa shape index (κ3) is 0.800. The summed E-state index contributed by atoms with van der Waals surface area (Å²) in [7, 11) is 0. The lowest BCUT2D eigenvalue weighted by Crippen LogP contribution is -1.79. The molecular weight excluding hydrogens is 118 g/mol. The Kier molecular flexibility index (Phi) is 1.19. The van der Waals surface area contributed by atoms with E-state index in [2.05, 4.69) is 14.7 Å². The molecule has 0 atom stereocenters. The molecule has 1 aromatic rings. The summed E-state index contributed by atoms with van der Waals surface area (Å²) in [6.45, 7) is 0. The average Bonchev–Trinajstić information content (AvgIpc) is 2.12. The van der Waals surface area contributed by atoms with Gasteiger partial charge in [0.1, 0.15) is 0 Å². The molecule has 0 aliphatic carbocycles. The van der Waals surface area contributed by atoms with E-state index in [4.69, 9.17) is 0 Å². The van der Waals surface area contributed by atoms with E-state index in [-0.39, 0.29) is 0 Å². The van der Waals surface area contributed by atoms with Gasteiger partial charge >= 0.3 is 6.43 Å². The Hall–Kier alpha value is -1.00. The van der Waals surface area contributed by atoms with Gasteiger partial charge in [-0.1, -0.05) is 5.16 Å². The van der Waals surface area contributed by atoms with Crippen LogP contribution in [0.1, 0.15) is 12.3 Å². The van der Waals surface area contributed by atoms with E-state index < -0.39 is 12.3 Å². The van der Waals surface area contributed by atoms with E-state index >= 15 is 0 Å². The molecule has 44 valence electrons. The largest absolute Gasteiger partial charge is 0.333 e. The number of hydrogen-bond acceptors (Lipinski definition) is 3. The zero-order chi connectivity index (χ0) is 5.98. The molecular formula is C3H2F2N2O. The number of hydrogen-bond donors (Lipinski definition) is 0. The van der Waals surface area contributed by atoms with Gasteiger partial charge in [0.25, 0.3) is 5.89 Å². The number of aromatic nitrogens is 2. The van der Waals surface area contributed by atoms with Crippen molar-refractivity contribution in [2.75, 3.05) is 0 Å². The first-order valence-electron chi connectivity index (χ1n) is 1.85. The van der Waals surface area contributed by atoms with Crippen molar-refractivity contribution >= 4 is 0 Å². The third-order valence-corrected chi connectivity index (χ3v) is 0.565. The summed E-state index contributed by atoms with van der Waals surface area (Å²) in [6, 6.07) is 0. The molecule has 0 aromatic carbocycles. The SMILES string of the molecule is FC(F)c1ncno1. The van der Waals surface area contributed by atoms with Crippen molar-refractivity contribution in [1.82, 2.24) is 10.1 Å². The molecule has 0 aliphatic rings. The monoisotopic (exact) mass is 120 g/mol. The topological polar surface area (TPSA) is 38.9 Å².